The zero-order valence-electron chi connectivity index (χ0n) is 9.30. The van der Waals surface area contributed by atoms with E-state index < -0.39 is 0 Å². The second-order valence-corrected chi connectivity index (χ2v) is 4.24. The summed E-state index contributed by atoms with van der Waals surface area (Å²) in [5.41, 5.74) is 3.82. The Kier molecular flexibility index (Phi) is 2.13. The van der Waals surface area contributed by atoms with Crippen molar-refractivity contribution >= 4 is 12.0 Å². The molecule has 0 amide bonds. The molecule has 0 fully saturated rings. The Balaban J connectivity index is 1.99. The minimum Gasteiger partial charge on any atom is -0.303 e. The van der Waals surface area contributed by atoms with E-state index in [-0.39, 0.29) is 0 Å². The molecule has 0 saturated carbocycles. The predicted octanol–water partition coefficient (Wildman–Crippen LogP) is 3.14. The van der Waals surface area contributed by atoms with E-state index in [1.54, 1.807) is 0 Å². The van der Waals surface area contributed by atoms with Crippen LogP contribution in [0.3, 0.4) is 0 Å². The van der Waals surface area contributed by atoms with E-state index in [1.807, 2.05) is 12.4 Å². The lowest BCUT2D eigenvalue weighted by Gasteiger charge is -2.22. The van der Waals surface area contributed by atoms with Gasteiger partial charge in [-0.05, 0) is 31.6 Å². The third kappa shape index (κ3) is 1.47. The van der Waals surface area contributed by atoms with Gasteiger partial charge >= 0.3 is 0 Å². The molecule has 1 unspecified atom stereocenters. The standard InChI is InChI=1S/C14H14N2/c1-11-7-8-13-14(9-11)16(10-15-13)12-5-3-2-4-6-12/h2-7,9-10,13H,8H2,1H3. The first-order valence-corrected chi connectivity index (χ1v) is 5.60. The Morgan fingerprint density at radius 3 is 2.88 bits per heavy atom. The average molecular weight is 210 g/mol. The van der Waals surface area contributed by atoms with E-state index in [2.05, 4.69) is 53.2 Å². The molecule has 0 aromatic heterocycles. The minimum absolute atomic E-state index is 0.323. The third-order valence-corrected chi connectivity index (χ3v) is 3.05. The molecular weight excluding hydrogens is 196 g/mol. The molecule has 0 saturated heterocycles. The molecular formula is C14H14N2. The summed E-state index contributed by atoms with van der Waals surface area (Å²) in [5, 5.41) is 0. The summed E-state index contributed by atoms with van der Waals surface area (Å²) < 4.78 is 0. The molecule has 2 heteroatoms. The zero-order valence-corrected chi connectivity index (χ0v) is 9.30. The van der Waals surface area contributed by atoms with Crippen molar-refractivity contribution in [3.05, 3.63) is 53.8 Å². The fourth-order valence-electron chi connectivity index (χ4n) is 2.19. The number of rotatable bonds is 1. The van der Waals surface area contributed by atoms with Crippen molar-refractivity contribution in [2.24, 2.45) is 4.99 Å². The number of allylic oxidation sites excluding steroid dienone is 2. The van der Waals surface area contributed by atoms with E-state index in [0.29, 0.717) is 6.04 Å². The second-order valence-electron chi connectivity index (χ2n) is 4.24. The molecule has 0 spiro atoms. The molecule has 16 heavy (non-hydrogen) atoms. The first-order valence-electron chi connectivity index (χ1n) is 5.60. The van der Waals surface area contributed by atoms with Crippen molar-refractivity contribution in [1.82, 2.24) is 0 Å². The van der Waals surface area contributed by atoms with Crippen LogP contribution in [0.25, 0.3) is 0 Å². The van der Waals surface area contributed by atoms with Crippen molar-refractivity contribution in [3.8, 4) is 0 Å². The summed E-state index contributed by atoms with van der Waals surface area (Å²) in [6.45, 7) is 2.14. The Labute approximate surface area is 95.6 Å². The Morgan fingerprint density at radius 2 is 2.06 bits per heavy atom. The van der Waals surface area contributed by atoms with Gasteiger partial charge in [0.1, 0.15) is 0 Å². The van der Waals surface area contributed by atoms with Crippen LogP contribution < -0.4 is 4.90 Å². The zero-order chi connectivity index (χ0) is 11.0. The van der Waals surface area contributed by atoms with Crippen molar-refractivity contribution in [3.63, 3.8) is 0 Å². The van der Waals surface area contributed by atoms with Crippen molar-refractivity contribution in [2.45, 2.75) is 19.4 Å². The fourth-order valence-corrected chi connectivity index (χ4v) is 2.19. The lowest BCUT2D eigenvalue weighted by molar-refractivity contribution is 0.790. The maximum Gasteiger partial charge on any atom is 0.0955 e. The summed E-state index contributed by atoms with van der Waals surface area (Å²) in [7, 11) is 0. The van der Waals surface area contributed by atoms with Gasteiger partial charge in [-0.25, -0.2) is 0 Å². The number of benzene rings is 1. The van der Waals surface area contributed by atoms with Crippen LogP contribution >= 0.6 is 0 Å². The predicted molar refractivity (Wildman–Crippen MR) is 67.7 cm³/mol. The SMILES string of the molecule is CC1=CCC2N=CN(c3ccccc3)C2=C1. The van der Waals surface area contributed by atoms with Crippen LogP contribution in [0.2, 0.25) is 0 Å². The molecule has 80 valence electrons. The summed E-state index contributed by atoms with van der Waals surface area (Å²) in [4.78, 5) is 6.72. The van der Waals surface area contributed by atoms with E-state index in [9.17, 15) is 0 Å². The fraction of sp³-hybridized carbons (Fsp3) is 0.214. The molecule has 0 radical (unpaired) electrons. The van der Waals surface area contributed by atoms with E-state index >= 15 is 0 Å². The normalized spacial score (nSPS) is 22.8. The molecule has 2 aliphatic rings. The molecule has 1 aromatic rings. The van der Waals surface area contributed by atoms with Crippen LogP contribution in [-0.4, -0.2) is 12.4 Å². The summed E-state index contributed by atoms with van der Waals surface area (Å²) >= 11 is 0. The van der Waals surface area contributed by atoms with Gasteiger partial charge in [0.05, 0.1) is 12.4 Å². The number of fused-ring (bicyclic) bond motifs is 1. The Bertz CT molecular complexity index is 483. The van der Waals surface area contributed by atoms with Gasteiger partial charge in [0.25, 0.3) is 0 Å². The monoisotopic (exact) mass is 210 g/mol. The van der Waals surface area contributed by atoms with Gasteiger partial charge in [0, 0.05) is 11.4 Å². The highest BCUT2D eigenvalue weighted by molar-refractivity contribution is 5.87. The molecule has 3 rings (SSSR count). The van der Waals surface area contributed by atoms with Crippen LogP contribution in [0.5, 0.6) is 0 Å². The van der Waals surface area contributed by atoms with Gasteiger partial charge in [-0.3, -0.25) is 4.99 Å². The van der Waals surface area contributed by atoms with E-state index in [4.69, 9.17) is 0 Å². The molecule has 0 bridgehead atoms. The number of para-hydroxylation sites is 1. The van der Waals surface area contributed by atoms with Gasteiger partial charge < -0.3 is 4.90 Å². The quantitative estimate of drug-likeness (QED) is 0.695. The van der Waals surface area contributed by atoms with Crippen LogP contribution in [0.4, 0.5) is 5.69 Å². The first kappa shape index (κ1) is 9.40. The highest BCUT2D eigenvalue weighted by Crippen LogP contribution is 2.30. The molecule has 0 N–H and O–H groups in total. The minimum atomic E-state index is 0.323. The number of nitrogens with zero attached hydrogens (tertiary/aromatic N) is 2. The van der Waals surface area contributed by atoms with Crippen molar-refractivity contribution < 1.29 is 0 Å². The van der Waals surface area contributed by atoms with Crippen LogP contribution in [0, 0.1) is 0 Å². The lowest BCUT2D eigenvalue weighted by atomic mass is 10.0. The van der Waals surface area contributed by atoms with Gasteiger partial charge in [-0.1, -0.05) is 29.8 Å². The van der Waals surface area contributed by atoms with Crippen LogP contribution in [0.1, 0.15) is 13.3 Å². The highest BCUT2D eigenvalue weighted by Gasteiger charge is 2.26. The van der Waals surface area contributed by atoms with Gasteiger partial charge in [0.15, 0.2) is 0 Å². The number of hydrogen-bond donors (Lipinski definition) is 0. The maximum absolute atomic E-state index is 4.54. The molecule has 1 aliphatic heterocycles. The first-order chi connectivity index (χ1) is 7.84. The van der Waals surface area contributed by atoms with Crippen molar-refractivity contribution in [2.75, 3.05) is 4.90 Å². The maximum atomic E-state index is 4.54. The topological polar surface area (TPSA) is 15.6 Å². The van der Waals surface area contributed by atoms with E-state index in [0.717, 1.165) is 6.42 Å². The molecule has 1 aliphatic carbocycles. The number of hydrogen-bond acceptors (Lipinski definition) is 2. The average Bonchev–Trinajstić information content (AvgIpc) is 2.73. The largest absolute Gasteiger partial charge is 0.303 e. The summed E-state index contributed by atoms with van der Waals surface area (Å²) in [5.74, 6) is 0. The van der Waals surface area contributed by atoms with Gasteiger partial charge in [-0.2, -0.15) is 0 Å². The van der Waals surface area contributed by atoms with E-state index in [1.165, 1.54) is 17.0 Å². The highest BCUT2D eigenvalue weighted by atomic mass is 15.2. The smallest absolute Gasteiger partial charge is 0.0955 e. The molecule has 1 aromatic carbocycles. The number of aliphatic imine (C=N–C) groups is 1. The molecule has 1 atom stereocenters. The summed E-state index contributed by atoms with van der Waals surface area (Å²) in [6, 6.07) is 10.7. The van der Waals surface area contributed by atoms with Crippen LogP contribution in [0.15, 0.2) is 58.7 Å². The Morgan fingerprint density at radius 1 is 1.25 bits per heavy atom. The summed E-state index contributed by atoms with van der Waals surface area (Å²) in [6.07, 6.45) is 7.45. The second kappa shape index (κ2) is 3.63. The van der Waals surface area contributed by atoms with Gasteiger partial charge in [0.2, 0.25) is 0 Å². The molecule has 2 nitrogen and oxygen atoms in total. The van der Waals surface area contributed by atoms with Crippen molar-refractivity contribution in [1.29, 1.82) is 0 Å². The van der Waals surface area contributed by atoms with Crippen LogP contribution in [-0.2, 0) is 0 Å². The number of anilines is 1. The Hall–Kier alpha value is -1.83. The third-order valence-electron chi connectivity index (χ3n) is 3.05. The lowest BCUT2D eigenvalue weighted by Crippen LogP contribution is -2.21. The van der Waals surface area contributed by atoms with Gasteiger partial charge in [-0.15, -0.1) is 0 Å². The molecule has 1 heterocycles.